The van der Waals surface area contributed by atoms with Crippen molar-refractivity contribution in [1.29, 1.82) is 0 Å². The van der Waals surface area contributed by atoms with Gasteiger partial charge in [0.05, 0.1) is 12.9 Å². The normalized spacial score (nSPS) is 23.3. The van der Waals surface area contributed by atoms with Gasteiger partial charge < -0.3 is 0 Å². The van der Waals surface area contributed by atoms with Crippen molar-refractivity contribution in [3.8, 4) is 0 Å². The third-order valence-electron chi connectivity index (χ3n) is 2.58. The van der Waals surface area contributed by atoms with Crippen molar-refractivity contribution in [2.24, 2.45) is 5.92 Å². The Morgan fingerprint density at radius 3 is 2.86 bits per heavy atom. The number of hydrogen-bond acceptors (Lipinski definition) is 3. The monoisotopic (exact) mass is 218 g/mol. The molecule has 0 spiro atoms. The zero-order valence-corrected chi connectivity index (χ0v) is 9.64. The average Bonchev–Trinajstić information content (AvgIpc) is 2.14. The molecule has 0 bridgehead atoms. The van der Waals surface area contributed by atoms with Gasteiger partial charge in [-0.15, -0.1) is 0 Å². The lowest BCUT2D eigenvalue weighted by molar-refractivity contribution is 0.260. The van der Waals surface area contributed by atoms with E-state index in [4.69, 9.17) is 4.18 Å². The van der Waals surface area contributed by atoms with Gasteiger partial charge in [0.25, 0.3) is 10.1 Å². The third kappa shape index (κ3) is 3.80. The number of rotatable bonds is 4. The Balaban J connectivity index is 2.51. The molecule has 1 aliphatic rings. The van der Waals surface area contributed by atoms with Crippen molar-refractivity contribution in [2.45, 2.75) is 32.6 Å². The molecular formula is C10H18O3S. The molecule has 0 radical (unpaired) electrons. The molecule has 1 aliphatic carbocycles. The second-order valence-corrected chi connectivity index (χ2v) is 5.39. The van der Waals surface area contributed by atoms with E-state index in [1.165, 1.54) is 5.57 Å². The molecule has 1 atom stereocenters. The second-order valence-electron chi connectivity index (χ2n) is 3.75. The zero-order chi connectivity index (χ0) is 10.6. The Hall–Kier alpha value is -0.350. The predicted octanol–water partition coefficient (Wildman–Crippen LogP) is 2.10. The maximum absolute atomic E-state index is 10.8. The smallest absolute Gasteiger partial charge is 0.264 e. The minimum absolute atomic E-state index is 0.309. The summed E-state index contributed by atoms with van der Waals surface area (Å²) in [5, 5.41) is 0. The molecular weight excluding hydrogens is 200 g/mol. The van der Waals surface area contributed by atoms with Crippen molar-refractivity contribution in [2.75, 3.05) is 12.9 Å². The van der Waals surface area contributed by atoms with Crippen LogP contribution in [-0.2, 0) is 14.3 Å². The first-order valence-electron chi connectivity index (χ1n) is 5.06. The summed E-state index contributed by atoms with van der Waals surface area (Å²) in [6.45, 7) is 2.42. The fourth-order valence-electron chi connectivity index (χ4n) is 1.83. The van der Waals surface area contributed by atoms with E-state index in [0.29, 0.717) is 12.5 Å². The summed E-state index contributed by atoms with van der Waals surface area (Å²) in [5.41, 5.74) is 1.35. The minimum atomic E-state index is -3.28. The first-order valence-corrected chi connectivity index (χ1v) is 6.88. The van der Waals surface area contributed by atoms with Crippen LogP contribution in [0.5, 0.6) is 0 Å². The van der Waals surface area contributed by atoms with Crippen LogP contribution in [0.4, 0.5) is 0 Å². The zero-order valence-electron chi connectivity index (χ0n) is 8.82. The molecule has 0 saturated heterocycles. The van der Waals surface area contributed by atoms with E-state index in [2.05, 4.69) is 13.0 Å². The fraction of sp³-hybridized carbons (Fsp3) is 0.800. The summed E-state index contributed by atoms with van der Waals surface area (Å²) < 4.78 is 26.5. The lowest BCUT2D eigenvalue weighted by atomic mass is 9.87. The van der Waals surface area contributed by atoms with Crippen molar-refractivity contribution < 1.29 is 12.6 Å². The molecule has 0 fully saturated rings. The number of allylic oxidation sites excluding steroid dienone is 1. The molecule has 0 aromatic rings. The maximum Gasteiger partial charge on any atom is 0.264 e. The van der Waals surface area contributed by atoms with E-state index in [0.717, 1.165) is 31.9 Å². The van der Waals surface area contributed by atoms with Gasteiger partial charge in [0, 0.05) is 5.92 Å². The second kappa shape index (κ2) is 4.94. The quantitative estimate of drug-likeness (QED) is 0.536. The van der Waals surface area contributed by atoms with Gasteiger partial charge in [-0.25, -0.2) is 0 Å². The van der Waals surface area contributed by atoms with Crippen LogP contribution >= 0.6 is 0 Å². The Morgan fingerprint density at radius 1 is 1.57 bits per heavy atom. The summed E-state index contributed by atoms with van der Waals surface area (Å²) in [7, 11) is -3.28. The van der Waals surface area contributed by atoms with Gasteiger partial charge in [0.15, 0.2) is 0 Å². The molecule has 14 heavy (non-hydrogen) atoms. The summed E-state index contributed by atoms with van der Waals surface area (Å²) in [6, 6.07) is 0. The SMILES string of the molecule is CCC1=CCCCC1COS(C)(=O)=O. The lowest BCUT2D eigenvalue weighted by Crippen LogP contribution is -2.17. The van der Waals surface area contributed by atoms with Crippen molar-refractivity contribution in [3.63, 3.8) is 0 Å². The van der Waals surface area contributed by atoms with Gasteiger partial charge >= 0.3 is 0 Å². The molecule has 4 heteroatoms. The topological polar surface area (TPSA) is 43.4 Å². The molecule has 1 unspecified atom stereocenters. The largest absolute Gasteiger partial charge is 0.270 e. The van der Waals surface area contributed by atoms with Crippen LogP contribution in [0.15, 0.2) is 11.6 Å². The highest BCUT2D eigenvalue weighted by atomic mass is 32.2. The van der Waals surface area contributed by atoms with Gasteiger partial charge in [-0.3, -0.25) is 4.18 Å². The molecule has 0 amide bonds. The first-order chi connectivity index (χ1) is 6.53. The average molecular weight is 218 g/mol. The molecule has 0 aromatic carbocycles. The van der Waals surface area contributed by atoms with E-state index in [-0.39, 0.29) is 0 Å². The lowest BCUT2D eigenvalue weighted by Gasteiger charge is -2.22. The van der Waals surface area contributed by atoms with E-state index in [9.17, 15) is 8.42 Å². The molecule has 0 saturated carbocycles. The standard InChI is InChI=1S/C10H18O3S/c1-3-9-6-4-5-7-10(9)8-13-14(2,11)12/h6,10H,3-5,7-8H2,1-2H3. The van der Waals surface area contributed by atoms with Crippen LogP contribution < -0.4 is 0 Å². The highest BCUT2D eigenvalue weighted by Gasteiger charge is 2.18. The van der Waals surface area contributed by atoms with Gasteiger partial charge in [-0.1, -0.05) is 18.6 Å². The van der Waals surface area contributed by atoms with Crippen LogP contribution in [0.1, 0.15) is 32.6 Å². The molecule has 0 N–H and O–H groups in total. The summed E-state index contributed by atoms with van der Waals surface area (Å²) >= 11 is 0. The molecule has 0 heterocycles. The van der Waals surface area contributed by atoms with Crippen molar-refractivity contribution in [1.82, 2.24) is 0 Å². The Bertz CT molecular complexity index is 303. The molecule has 82 valence electrons. The third-order valence-corrected chi connectivity index (χ3v) is 3.14. The van der Waals surface area contributed by atoms with Crippen LogP contribution in [-0.4, -0.2) is 21.3 Å². The molecule has 3 nitrogen and oxygen atoms in total. The fourth-order valence-corrected chi connectivity index (χ4v) is 2.24. The van der Waals surface area contributed by atoms with Gasteiger partial charge in [0.1, 0.15) is 0 Å². The molecule has 1 rings (SSSR count). The van der Waals surface area contributed by atoms with E-state index in [1.807, 2.05) is 0 Å². The van der Waals surface area contributed by atoms with Gasteiger partial charge in [-0.2, -0.15) is 8.42 Å². The molecule has 0 aromatic heterocycles. The van der Waals surface area contributed by atoms with E-state index >= 15 is 0 Å². The van der Waals surface area contributed by atoms with E-state index in [1.54, 1.807) is 0 Å². The highest BCUT2D eigenvalue weighted by molar-refractivity contribution is 7.85. The maximum atomic E-state index is 10.8. The highest BCUT2D eigenvalue weighted by Crippen LogP contribution is 2.27. The summed E-state index contributed by atoms with van der Waals surface area (Å²) in [6.07, 6.45) is 7.64. The van der Waals surface area contributed by atoms with Crippen LogP contribution in [0.2, 0.25) is 0 Å². The van der Waals surface area contributed by atoms with Crippen molar-refractivity contribution in [3.05, 3.63) is 11.6 Å². The Labute approximate surface area is 86.3 Å². The minimum Gasteiger partial charge on any atom is -0.270 e. The van der Waals surface area contributed by atoms with Crippen LogP contribution in [0, 0.1) is 5.92 Å². The van der Waals surface area contributed by atoms with Gasteiger partial charge in [0.2, 0.25) is 0 Å². The van der Waals surface area contributed by atoms with Gasteiger partial charge in [-0.05, 0) is 25.7 Å². The molecule has 0 aliphatic heterocycles. The first kappa shape index (κ1) is 11.7. The summed E-state index contributed by atoms with van der Waals surface area (Å²) in [5.74, 6) is 0.309. The summed E-state index contributed by atoms with van der Waals surface area (Å²) in [4.78, 5) is 0. The van der Waals surface area contributed by atoms with Crippen molar-refractivity contribution >= 4 is 10.1 Å². The Kier molecular flexibility index (Phi) is 4.13. The number of hydrogen-bond donors (Lipinski definition) is 0. The van der Waals surface area contributed by atoms with Crippen LogP contribution in [0.3, 0.4) is 0 Å². The van der Waals surface area contributed by atoms with E-state index < -0.39 is 10.1 Å². The Morgan fingerprint density at radius 2 is 2.29 bits per heavy atom. The predicted molar refractivity (Wildman–Crippen MR) is 56.5 cm³/mol. The van der Waals surface area contributed by atoms with Crippen LogP contribution in [0.25, 0.3) is 0 Å².